The molecule has 8 heteroatoms. The van der Waals surface area contributed by atoms with Crippen LogP contribution in [0.15, 0.2) is 41.8 Å². The van der Waals surface area contributed by atoms with Gasteiger partial charge in [-0.15, -0.1) is 11.3 Å². The molecule has 3 aromatic rings. The number of halogens is 1. The molecule has 0 spiro atoms. The van der Waals surface area contributed by atoms with E-state index in [4.69, 9.17) is 14.2 Å². The van der Waals surface area contributed by atoms with E-state index >= 15 is 0 Å². The van der Waals surface area contributed by atoms with Crippen molar-refractivity contribution in [3.8, 4) is 27.8 Å². The van der Waals surface area contributed by atoms with Crippen LogP contribution in [0.25, 0.3) is 10.6 Å². The molecule has 0 unspecified atom stereocenters. The second kappa shape index (κ2) is 9.38. The number of benzene rings is 2. The molecule has 0 aliphatic carbocycles. The highest BCUT2D eigenvalue weighted by Crippen LogP contribution is 2.31. The minimum atomic E-state index is -0.447. The van der Waals surface area contributed by atoms with Crippen LogP contribution in [-0.4, -0.2) is 31.7 Å². The van der Waals surface area contributed by atoms with Gasteiger partial charge in [0.2, 0.25) is 0 Å². The Hall–Kier alpha value is -3.13. The van der Waals surface area contributed by atoms with Crippen molar-refractivity contribution < 1.29 is 23.4 Å². The summed E-state index contributed by atoms with van der Waals surface area (Å²) in [4.78, 5) is 16.8. The van der Waals surface area contributed by atoms with Gasteiger partial charge in [-0.25, -0.2) is 9.37 Å². The number of rotatable bonds is 8. The zero-order chi connectivity index (χ0) is 20.8. The van der Waals surface area contributed by atoms with Crippen molar-refractivity contribution >= 4 is 22.9 Å². The summed E-state index contributed by atoms with van der Waals surface area (Å²) in [7, 11) is 3.05. The third-order valence-electron chi connectivity index (χ3n) is 4.04. The summed E-state index contributed by atoms with van der Waals surface area (Å²) in [6.07, 6.45) is 0.841. The maximum atomic E-state index is 14.4. The van der Waals surface area contributed by atoms with Crippen molar-refractivity contribution in [3.63, 3.8) is 0 Å². The third kappa shape index (κ3) is 4.83. The Morgan fingerprint density at radius 1 is 1.14 bits per heavy atom. The largest absolute Gasteiger partial charge is 0.497 e. The second-order valence-corrected chi connectivity index (χ2v) is 6.91. The smallest absolute Gasteiger partial charge is 0.275 e. The number of amides is 1. The molecule has 0 saturated heterocycles. The Morgan fingerprint density at radius 2 is 1.93 bits per heavy atom. The van der Waals surface area contributed by atoms with Gasteiger partial charge < -0.3 is 19.5 Å². The Labute approximate surface area is 172 Å². The van der Waals surface area contributed by atoms with E-state index < -0.39 is 11.7 Å². The highest BCUT2D eigenvalue weighted by atomic mass is 32.1. The topological polar surface area (TPSA) is 69.7 Å². The summed E-state index contributed by atoms with van der Waals surface area (Å²) in [5, 5.41) is 4.75. The third-order valence-corrected chi connectivity index (χ3v) is 4.91. The van der Waals surface area contributed by atoms with Crippen LogP contribution in [0.5, 0.6) is 17.2 Å². The van der Waals surface area contributed by atoms with Gasteiger partial charge in [-0.1, -0.05) is 6.92 Å². The van der Waals surface area contributed by atoms with Crippen LogP contribution < -0.4 is 19.5 Å². The van der Waals surface area contributed by atoms with Gasteiger partial charge in [0.1, 0.15) is 33.8 Å². The lowest BCUT2D eigenvalue weighted by atomic mass is 10.2. The van der Waals surface area contributed by atoms with Crippen LogP contribution in [-0.2, 0) is 0 Å². The quantitative estimate of drug-likeness (QED) is 0.559. The summed E-state index contributed by atoms with van der Waals surface area (Å²) >= 11 is 1.19. The minimum absolute atomic E-state index is 0.189. The van der Waals surface area contributed by atoms with Crippen molar-refractivity contribution in [2.24, 2.45) is 0 Å². The van der Waals surface area contributed by atoms with Gasteiger partial charge in [0.25, 0.3) is 5.91 Å². The molecule has 1 heterocycles. The molecule has 29 heavy (non-hydrogen) atoms. The number of nitrogens with one attached hydrogen (secondary N) is 1. The molecular formula is C21H21FN2O4S. The van der Waals surface area contributed by atoms with Gasteiger partial charge in [0.05, 0.1) is 26.5 Å². The summed E-state index contributed by atoms with van der Waals surface area (Å²) in [6, 6.07) is 9.68. The molecule has 1 N–H and O–H groups in total. The fraction of sp³-hybridized carbons (Fsp3) is 0.238. The first-order valence-electron chi connectivity index (χ1n) is 8.97. The van der Waals surface area contributed by atoms with Crippen molar-refractivity contribution in [1.82, 2.24) is 4.98 Å². The molecule has 0 saturated carbocycles. The maximum Gasteiger partial charge on any atom is 0.275 e. The predicted octanol–water partition coefficient (Wildman–Crippen LogP) is 5.01. The van der Waals surface area contributed by atoms with Gasteiger partial charge in [-0.2, -0.15) is 0 Å². The van der Waals surface area contributed by atoms with Gasteiger partial charge in [-0.05, 0) is 30.7 Å². The highest BCUT2D eigenvalue weighted by Gasteiger charge is 2.17. The standard InChI is InChI=1S/C21H21FN2O4S/c1-4-9-28-14-5-7-15(16(22)10-14)21-24-18(12-29-21)20(25)23-17-8-6-13(26-2)11-19(17)27-3/h5-8,10-12H,4,9H2,1-3H3,(H,23,25). The number of nitrogens with zero attached hydrogens (tertiary/aromatic N) is 1. The van der Waals surface area contributed by atoms with Crippen molar-refractivity contribution in [1.29, 1.82) is 0 Å². The Morgan fingerprint density at radius 3 is 2.62 bits per heavy atom. The lowest BCUT2D eigenvalue weighted by molar-refractivity contribution is 0.102. The first kappa shape index (κ1) is 20.6. The van der Waals surface area contributed by atoms with E-state index in [0.29, 0.717) is 40.1 Å². The SMILES string of the molecule is CCCOc1ccc(-c2nc(C(=O)Nc3ccc(OC)cc3OC)cs2)c(F)c1. The molecule has 0 fully saturated rings. The average molecular weight is 416 g/mol. The van der Waals surface area contributed by atoms with Crippen LogP contribution in [0.1, 0.15) is 23.8 Å². The van der Waals surface area contributed by atoms with Crippen molar-refractivity contribution in [2.45, 2.75) is 13.3 Å². The van der Waals surface area contributed by atoms with Crippen LogP contribution in [0.2, 0.25) is 0 Å². The Kier molecular flexibility index (Phi) is 6.66. The molecule has 0 bridgehead atoms. The number of carbonyl (C=O) groups is 1. The average Bonchev–Trinajstić information content (AvgIpc) is 3.22. The molecule has 1 amide bonds. The highest BCUT2D eigenvalue weighted by molar-refractivity contribution is 7.13. The number of hydrogen-bond donors (Lipinski definition) is 1. The minimum Gasteiger partial charge on any atom is -0.497 e. The lowest BCUT2D eigenvalue weighted by Crippen LogP contribution is -2.13. The molecule has 1 aromatic heterocycles. The zero-order valence-corrected chi connectivity index (χ0v) is 17.1. The molecule has 0 aliphatic heterocycles. The van der Waals surface area contributed by atoms with E-state index in [0.717, 1.165) is 6.42 Å². The number of aromatic nitrogens is 1. The van der Waals surface area contributed by atoms with E-state index in [-0.39, 0.29) is 5.69 Å². The monoisotopic (exact) mass is 416 g/mol. The zero-order valence-electron chi connectivity index (χ0n) is 16.3. The van der Waals surface area contributed by atoms with Gasteiger partial charge in [-0.3, -0.25) is 4.79 Å². The van der Waals surface area contributed by atoms with Gasteiger partial charge >= 0.3 is 0 Å². The normalized spacial score (nSPS) is 10.5. The van der Waals surface area contributed by atoms with Crippen LogP contribution >= 0.6 is 11.3 Å². The first-order chi connectivity index (χ1) is 14.0. The summed E-state index contributed by atoms with van der Waals surface area (Å²) < 4.78 is 30.3. The van der Waals surface area contributed by atoms with Gasteiger partial charge in [0, 0.05) is 23.1 Å². The first-order valence-corrected chi connectivity index (χ1v) is 9.85. The number of hydrogen-bond acceptors (Lipinski definition) is 6. The second-order valence-electron chi connectivity index (χ2n) is 6.05. The number of methoxy groups -OCH3 is 2. The van der Waals surface area contributed by atoms with E-state index in [1.165, 1.54) is 24.5 Å². The number of carbonyl (C=O) groups excluding carboxylic acids is 1. The molecule has 3 rings (SSSR count). The molecule has 0 aliphatic rings. The molecule has 6 nitrogen and oxygen atoms in total. The van der Waals surface area contributed by atoms with Crippen LogP contribution in [0, 0.1) is 5.82 Å². The van der Waals surface area contributed by atoms with Crippen molar-refractivity contribution in [2.75, 3.05) is 26.1 Å². The van der Waals surface area contributed by atoms with Gasteiger partial charge in [0.15, 0.2) is 0 Å². The van der Waals surface area contributed by atoms with E-state index in [2.05, 4.69) is 10.3 Å². The molecule has 2 aromatic carbocycles. The number of thiazole rings is 1. The Bertz CT molecular complexity index is 1010. The van der Waals surface area contributed by atoms with E-state index in [1.54, 1.807) is 42.8 Å². The van der Waals surface area contributed by atoms with Crippen LogP contribution in [0.4, 0.5) is 10.1 Å². The summed E-state index contributed by atoms with van der Waals surface area (Å²) in [6.45, 7) is 2.50. The van der Waals surface area contributed by atoms with E-state index in [1.807, 2.05) is 6.92 Å². The predicted molar refractivity (Wildman–Crippen MR) is 111 cm³/mol. The lowest BCUT2D eigenvalue weighted by Gasteiger charge is -2.10. The number of anilines is 1. The van der Waals surface area contributed by atoms with Crippen LogP contribution in [0.3, 0.4) is 0 Å². The fourth-order valence-electron chi connectivity index (χ4n) is 2.57. The number of ether oxygens (including phenoxy) is 3. The summed E-state index contributed by atoms with van der Waals surface area (Å²) in [5.74, 6) is 0.671. The van der Waals surface area contributed by atoms with Crippen molar-refractivity contribution in [3.05, 3.63) is 53.3 Å². The maximum absolute atomic E-state index is 14.4. The van der Waals surface area contributed by atoms with E-state index in [9.17, 15) is 9.18 Å². The molecule has 0 radical (unpaired) electrons. The fourth-order valence-corrected chi connectivity index (χ4v) is 3.40. The summed E-state index contributed by atoms with van der Waals surface area (Å²) in [5.41, 5.74) is 0.991. The molecular weight excluding hydrogens is 395 g/mol. The molecule has 0 atom stereocenters. The molecule has 152 valence electrons. The Balaban J connectivity index is 1.77.